The minimum atomic E-state index is 0.472. The summed E-state index contributed by atoms with van der Waals surface area (Å²) < 4.78 is 1.83. The van der Waals surface area contributed by atoms with E-state index in [1.165, 1.54) is 18.4 Å². The van der Waals surface area contributed by atoms with E-state index in [1.807, 2.05) is 41.2 Å². The number of hydrogen-bond donors (Lipinski definition) is 1. The maximum absolute atomic E-state index is 6.24. The SMILES string of the molecule is Clc1cc(NCc2ccc(-c3ccccc3)cn2)n2ncc(C3CC3)c2n1. The van der Waals surface area contributed by atoms with Crippen LogP contribution in [-0.2, 0) is 6.54 Å². The topological polar surface area (TPSA) is 55.1 Å². The van der Waals surface area contributed by atoms with Crippen molar-refractivity contribution in [2.45, 2.75) is 25.3 Å². The Morgan fingerprint density at radius 2 is 1.89 bits per heavy atom. The number of nitrogens with zero attached hydrogens (tertiary/aromatic N) is 4. The summed E-state index contributed by atoms with van der Waals surface area (Å²) in [6.45, 7) is 0.586. The molecular weight excluding hydrogens is 358 g/mol. The number of nitrogens with one attached hydrogen (secondary N) is 1. The van der Waals surface area contributed by atoms with Crippen LogP contribution in [0.4, 0.5) is 5.82 Å². The molecule has 3 heterocycles. The van der Waals surface area contributed by atoms with E-state index in [0.29, 0.717) is 17.6 Å². The summed E-state index contributed by atoms with van der Waals surface area (Å²) in [6, 6.07) is 16.2. The van der Waals surface area contributed by atoms with Gasteiger partial charge >= 0.3 is 0 Å². The van der Waals surface area contributed by atoms with Gasteiger partial charge in [0, 0.05) is 23.4 Å². The van der Waals surface area contributed by atoms with Gasteiger partial charge in [0.1, 0.15) is 11.0 Å². The molecule has 27 heavy (non-hydrogen) atoms. The predicted octanol–water partition coefficient (Wildman–Crippen LogP) is 4.93. The first-order chi connectivity index (χ1) is 13.3. The van der Waals surface area contributed by atoms with E-state index in [9.17, 15) is 0 Å². The summed E-state index contributed by atoms with van der Waals surface area (Å²) in [6.07, 6.45) is 6.22. The molecule has 1 aromatic carbocycles. The highest BCUT2D eigenvalue weighted by Gasteiger charge is 2.28. The molecule has 6 heteroatoms. The first-order valence-corrected chi connectivity index (χ1v) is 9.44. The number of halogens is 1. The van der Waals surface area contributed by atoms with Crippen molar-refractivity contribution in [1.82, 2.24) is 19.6 Å². The van der Waals surface area contributed by atoms with Crippen molar-refractivity contribution < 1.29 is 0 Å². The summed E-state index contributed by atoms with van der Waals surface area (Å²) in [5, 5.41) is 8.36. The molecule has 3 aromatic heterocycles. The van der Waals surface area contributed by atoms with Gasteiger partial charge in [0.05, 0.1) is 18.4 Å². The van der Waals surface area contributed by atoms with Crippen molar-refractivity contribution in [2.24, 2.45) is 0 Å². The third-order valence-electron chi connectivity index (χ3n) is 4.87. The average Bonchev–Trinajstić information content (AvgIpc) is 3.46. The lowest BCUT2D eigenvalue weighted by Crippen LogP contribution is -2.07. The lowest BCUT2D eigenvalue weighted by Gasteiger charge is -2.09. The largest absolute Gasteiger partial charge is 0.364 e. The van der Waals surface area contributed by atoms with Crippen LogP contribution in [0.15, 0.2) is 60.9 Å². The lowest BCUT2D eigenvalue weighted by atomic mass is 10.1. The summed E-state index contributed by atoms with van der Waals surface area (Å²) in [4.78, 5) is 9.04. The zero-order valence-electron chi connectivity index (χ0n) is 14.6. The Labute approximate surface area is 162 Å². The Kier molecular flexibility index (Phi) is 4.02. The second-order valence-electron chi connectivity index (χ2n) is 6.83. The highest BCUT2D eigenvalue weighted by atomic mass is 35.5. The molecule has 1 aliphatic rings. The summed E-state index contributed by atoms with van der Waals surface area (Å²) in [5.74, 6) is 1.40. The molecule has 0 amide bonds. The van der Waals surface area contributed by atoms with E-state index >= 15 is 0 Å². The van der Waals surface area contributed by atoms with Gasteiger partial charge in [-0.1, -0.05) is 48.0 Å². The van der Waals surface area contributed by atoms with E-state index in [0.717, 1.165) is 28.3 Å². The highest BCUT2D eigenvalue weighted by molar-refractivity contribution is 6.29. The highest BCUT2D eigenvalue weighted by Crippen LogP contribution is 2.42. The fourth-order valence-electron chi connectivity index (χ4n) is 3.27. The molecule has 1 fully saturated rings. The van der Waals surface area contributed by atoms with Crippen LogP contribution in [-0.4, -0.2) is 19.6 Å². The van der Waals surface area contributed by atoms with Gasteiger partial charge in [-0.3, -0.25) is 4.98 Å². The van der Waals surface area contributed by atoms with Crippen molar-refractivity contribution in [3.8, 4) is 11.1 Å². The van der Waals surface area contributed by atoms with Crippen LogP contribution in [0.25, 0.3) is 16.8 Å². The van der Waals surface area contributed by atoms with E-state index in [4.69, 9.17) is 11.6 Å². The Bertz CT molecular complexity index is 1080. The fraction of sp³-hybridized carbons (Fsp3) is 0.190. The first kappa shape index (κ1) is 16.3. The molecule has 1 aliphatic carbocycles. The maximum Gasteiger partial charge on any atom is 0.162 e. The second-order valence-corrected chi connectivity index (χ2v) is 7.22. The molecule has 0 spiro atoms. The van der Waals surface area contributed by atoms with Crippen molar-refractivity contribution >= 4 is 23.1 Å². The molecule has 0 atom stereocenters. The second kappa shape index (κ2) is 6.67. The van der Waals surface area contributed by atoms with Crippen LogP contribution in [0.2, 0.25) is 5.15 Å². The number of hydrogen-bond acceptors (Lipinski definition) is 4. The number of anilines is 1. The van der Waals surface area contributed by atoms with Crippen LogP contribution >= 0.6 is 11.6 Å². The van der Waals surface area contributed by atoms with E-state index in [1.54, 1.807) is 6.07 Å². The van der Waals surface area contributed by atoms with Gasteiger partial charge in [0.25, 0.3) is 0 Å². The Morgan fingerprint density at radius 1 is 1.04 bits per heavy atom. The first-order valence-electron chi connectivity index (χ1n) is 9.06. The third kappa shape index (κ3) is 3.26. The van der Waals surface area contributed by atoms with Gasteiger partial charge in [0.2, 0.25) is 0 Å². The lowest BCUT2D eigenvalue weighted by molar-refractivity contribution is 0.917. The van der Waals surface area contributed by atoms with Gasteiger partial charge in [0.15, 0.2) is 5.65 Å². The molecule has 1 N–H and O–H groups in total. The zero-order chi connectivity index (χ0) is 18.2. The number of pyridine rings is 1. The van der Waals surface area contributed by atoms with Crippen LogP contribution in [0, 0.1) is 0 Å². The Morgan fingerprint density at radius 3 is 2.63 bits per heavy atom. The van der Waals surface area contributed by atoms with E-state index in [-0.39, 0.29) is 0 Å². The normalized spacial score (nSPS) is 13.8. The fourth-order valence-corrected chi connectivity index (χ4v) is 3.45. The van der Waals surface area contributed by atoms with Crippen LogP contribution in [0.3, 0.4) is 0 Å². The maximum atomic E-state index is 6.24. The Hall–Kier alpha value is -2.92. The average molecular weight is 376 g/mol. The standard InChI is InChI=1S/C21H18ClN5/c22-19-10-20(27-21(26-19)18(13-25-27)15-6-7-15)24-12-17-9-8-16(11-23-17)14-4-2-1-3-5-14/h1-5,8-11,13,15,24H,6-7,12H2. The molecule has 4 aromatic rings. The van der Waals surface area contributed by atoms with Crippen molar-refractivity contribution in [1.29, 1.82) is 0 Å². The molecule has 0 radical (unpaired) electrons. The predicted molar refractivity (Wildman–Crippen MR) is 107 cm³/mol. The summed E-state index contributed by atoms with van der Waals surface area (Å²) in [5.41, 5.74) is 5.25. The van der Waals surface area contributed by atoms with Gasteiger partial charge in [-0.2, -0.15) is 9.61 Å². The van der Waals surface area contributed by atoms with Gasteiger partial charge in [-0.05, 0) is 30.4 Å². The zero-order valence-corrected chi connectivity index (χ0v) is 15.4. The molecule has 1 saturated carbocycles. The van der Waals surface area contributed by atoms with Gasteiger partial charge in [-0.25, -0.2) is 4.98 Å². The number of benzene rings is 1. The minimum absolute atomic E-state index is 0.472. The van der Waals surface area contributed by atoms with Crippen molar-refractivity contribution in [3.05, 3.63) is 77.3 Å². The molecule has 5 nitrogen and oxygen atoms in total. The Balaban J connectivity index is 1.37. The monoisotopic (exact) mass is 375 g/mol. The quantitative estimate of drug-likeness (QED) is 0.502. The summed E-state index contributed by atoms with van der Waals surface area (Å²) in [7, 11) is 0. The number of rotatable bonds is 5. The molecule has 5 rings (SSSR count). The smallest absolute Gasteiger partial charge is 0.162 e. The molecule has 0 aliphatic heterocycles. The van der Waals surface area contributed by atoms with Crippen molar-refractivity contribution in [3.63, 3.8) is 0 Å². The van der Waals surface area contributed by atoms with Gasteiger partial charge < -0.3 is 5.32 Å². The summed E-state index contributed by atoms with van der Waals surface area (Å²) >= 11 is 6.24. The molecule has 134 valence electrons. The van der Waals surface area contributed by atoms with Crippen LogP contribution in [0.1, 0.15) is 30.0 Å². The van der Waals surface area contributed by atoms with Crippen LogP contribution < -0.4 is 5.32 Å². The molecule has 0 saturated heterocycles. The number of fused-ring (bicyclic) bond motifs is 1. The minimum Gasteiger partial charge on any atom is -0.364 e. The molecule has 0 bridgehead atoms. The van der Waals surface area contributed by atoms with Crippen molar-refractivity contribution in [2.75, 3.05) is 5.32 Å². The van der Waals surface area contributed by atoms with Gasteiger partial charge in [-0.15, -0.1) is 0 Å². The third-order valence-corrected chi connectivity index (χ3v) is 5.06. The number of aromatic nitrogens is 4. The molecule has 0 unspecified atom stereocenters. The van der Waals surface area contributed by atoms with E-state index < -0.39 is 0 Å². The molecular formula is C21H18ClN5. The van der Waals surface area contributed by atoms with E-state index in [2.05, 4.69) is 38.6 Å². The van der Waals surface area contributed by atoms with Crippen LogP contribution in [0.5, 0.6) is 0 Å².